The molecule has 1 amide bonds. The van der Waals surface area contributed by atoms with E-state index in [1.165, 1.54) is 0 Å². The Bertz CT molecular complexity index is 288. The highest BCUT2D eigenvalue weighted by molar-refractivity contribution is 7.83. The van der Waals surface area contributed by atoms with Crippen molar-refractivity contribution in [3.05, 3.63) is 0 Å². The van der Waals surface area contributed by atoms with Crippen molar-refractivity contribution in [1.82, 2.24) is 4.90 Å². The molecule has 1 unspecified atom stereocenters. The number of carbonyl (C=O) groups is 1. The smallest absolute Gasteiger partial charge is 0.410 e. The lowest BCUT2D eigenvalue weighted by Gasteiger charge is -2.32. The van der Waals surface area contributed by atoms with Crippen molar-refractivity contribution in [1.29, 1.82) is 0 Å². The molecule has 16 heavy (non-hydrogen) atoms. The predicted molar refractivity (Wildman–Crippen MR) is 63.2 cm³/mol. The van der Waals surface area contributed by atoms with Gasteiger partial charge in [0.15, 0.2) is 0 Å². The van der Waals surface area contributed by atoms with Crippen LogP contribution >= 0.6 is 0 Å². The number of nitrogens with two attached hydrogens (primary N) is 1. The minimum Gasteiger partial charge on any atom is -0.444 e. The van der Waals surface area contributed by atoms with Crippen LogP contribution in [0.5, 0.6) is 0 Å². The third-order valence-electron chi connectivity index (χ3n) is 2.36. The number of rotatable bonds is 1. The Hall–Kier alpha value is -0.620. The molecule has 1 aliphatic heterocycles. The van der Waals surface area contributed by atoms with Crippen molar-refractivity contribution in [2.45, 2.75) is 44.5 Å². The van der Waals surface area contributed by atoms with Gasteiger partial charge in [-0.3, -0.25) is 5.14 Å². The molecule has 0 aliphatic carbocycles. The minimum absolute atomic E-state index is 0.124. The largest absolute Gasteiger partial charge is 0.444 e. The molecule has 0 saturated carbocycles. The third kappa shape index (κ3) is 4.09. The summed E-state index contributed by atoms with van der Waals surface area (Å²) in [6.07, 6.45) is 1.29. The molecule has 0 radical (unpaired) electrons. The van der Waals surface area contributed by atoms with E-state index in [2.05, 4.69) is 0 Å². The van der Waals surface area contributed by atoms with Crippen molar-refractivity contribution in [3.8, 4) is 0 Å². The van der Waals surface area contributed by atoms with Crippen molar-refractivity contribution in [2.75, 3.05) is 13.1 Å². The lowest BCUT2D eigenvalue weighted by molar-refractivity contribution is 0.0220. The maximum atomic E-state index is 11.7. The topological polar surface area (TPSA) is 72.6 Å². The molecule has 1 rings (SSSR count). The highest BCUT2D eigenvalue weighted by Crippen LogP contribution is 2.17. The third-order valence-corrected chi connectivity index (χ3v) is 3.40. The van der Waals surface area contributed by atoms with Gasteiger partial charge in [-0.2, -0.15) is 0 Å². The number of hydrogen-bond donors (Lipinski definition) is 1. The summed E-state index contributed by atoms with van der Waals surface area (Å²) in [5.74, 6) is 0. The van der Waals surface area contributed by atoms with Crippen LogP contribution in [0.25, 0.3) is 0 Å². The van der Waals surface area contributed by atoms with Crippen molar-refractivity contribution >= 4 is 17.1 Å². The van der Waals surface area contributed by atoms with E-state index in [0.29, 0.717) is 13.1 Å². The zero-order valence-corrected chi connectivity index (χ0v) is 10.9. The summed E-state index contributed by atoms with van der Waals surface area (Å²) >= 11 is 0. The van der Waals surface area contributed by atoms with Crippen LogP contribution in [0.1, 0.15) is 33.6 Å². The summed E-state index contributed by atoms with van der Waals surface area (Å²) in [7, 11) is -1.36. The molecule has 2 N–H and O–H groups in total. The fourth-order valence-electron chi connectivity index (χ4n) is 1.62. The Balaban J connectivity index is 2.54. The number of carbonyl (C=O) groups excluding carboxylic acids is 1. The molecule has 1 aliphatic rings. The first-order chi connectivity index (χ1) is 7.29. The molecule has 1 saturated heterocycles. The number of amides is 1. The summed E-state index contributed by atoms with van der Waals surface area (Å²) in [6, 6.07) is 0. The second kappa shape index (κ2) is 5.14. The van der Waals surface area contributed by atoms with Gasteiger partial charge < -0.3 is 9.64 Å². The van der Waals surface area contributed by atoms with Gasteiger partial charge in [-0.05, 0) is 33.6 Å². The van der Waals surface area contributed by atoms with Crippen molar-refractivity contribution in [3.63, 3.8) is 0 Å². The zero-order valence-electron chi connectivity index (χ0n) is 10.1. The number of hydrogen-bond acceptors (Lipinski definition) is 3. The van der Waals surface area contributed by atoms with Gasteiger partial charge in [0.2, 0.25) is 0 Å². The monoisotopic (exact) mass is 248 g/mol. The van der Waals surface area contributed by atoms with Crippen molar-refractivity contribution < 1.29 is 13.7 Å². The van der Waals surface area contributed by atoms with Crippen LogP contribution in [0.4, 0.5) is 4.79 Å². The van der Waals surface area contributed by atoms with E-state index in [4.69, 9.17) is 9.88 Å². The number of piperidine rings is 1. The lowest BCUT2D eigenvalue weighted by atomic mass is 10.1. The molecule has 1 heterocycles. The second-order valence-corrected chi connectivity index (χ2v) is 6.34. The van der Waals surface area contributed by atoms with Crippen LogP contribution in [0, 0.1) is 0 Å². The molecule has 0 spiro atoms. The first-order valence-electron chi connectivity index (χ1n) is 5.42. The fourth-order valence-corrected chi connectivity index (χ4v) is 2.35. The maximum absolute atomic E-state index is 11.7. The SMILES string of the molecule is CC(C)(C)OC(=O)N1CCCC([S@](N)=O)C1. The molecule has 94 valence electrons. The van der Waals surface area contributed by atoms with Crippen LogP contribution in [-0.4, -0.2) is 39.1 Å². The van der Waals surface area contributed by atoms with Crippen molar-refractivity contribution in [2.24, 2.45) is 5.14 Å². The highest BCUT2D eigenvalue weighted by atomic mass is 32.2. The number of nitrogens with zero attached hydrogens (tertiary/aromatic N) is 1. The molecule has 0 aromatic carbocycles. The molecule has 0 aromatic rings. The van der Waals surface area contributed by atoms with Gasteiger partial charge in [0.05, 0.1) is 16.2 Å². The molecule has 6 heteroatoms. The lowest BCUT2D eigenvalue weighted by Crippen LogP contribution is -2.46. The zero-order chi connectivity index (χ0) is 12.3. The average Bonchev–Trinajstić information content (AvgIpc) is 2.15. The molecule has 2 atom stereocenters. The molecule has 5 nitrogen and oxygen atoms in total. The Morgan fingerprint density at radius 3 is 2.62 bits per heavy atom. The Labute approximate surface area is 98.9 Å². The first kappa shape index (κ1) is 13.4. The van der Waals surface area contributed by atoms with Crippen LogP contribution in [0.2, 0.25) is 0 Å². The van der Waals surface area contributed by atoms with E-state index in [1.807, 2.05) is 20.8 Å². The Kier molecular flexibility index (Phi) is 4.32. The minimum atomic E-state index is -1.36. The van der Waals surface area contributed by atoms with E-state index in [-0.39, 0.29) is 11.3 Å². The summed E-state index contributed by atoms with van der Waals surface area (Å²) in [5.41, 5.74) is -0.494. The molecule has 0 aromatic heterocycles. The summed E-state index contributed by atoms with van der Waals surface area (Å²) in [6.45, 7) is 6.56. The molecular formula is C10H20N2O3S. The van der Waals surface area contributed by atoms with E-state index in [9.17, 15) is 9.00 Å². The number of ether oxygens (including phenoxy) is 1. The summed E-state index contributed by atoms with van der Waals surface area (Å²) < 4.78 is 16.4. The Morgan fingerprint density at radius 1 is 1.50 bits per heavy atom. The maximum Gasteiger partial charge on any atom is 0.410 e. The van der Waals surface area contributed by atoms with Crippen LogP contribution in [0.15, 0.2) is 0 Å². The standard InChI is InChI=1S/C10H20N2O3S/c1-10(2,3)15-9(13)12-6-4-5-8(7-12)16(11)14/h8H,4-7,11H2,1-3H3/t8?,16-/m1/s1. The molecular weight excluding hydrogens is 228 g/mol. The van der Waals surface area contributed by atoms with Gasteiger partial charge in [0, 0.05) is 13.1 Å². The van der Waals surface area contributed by atoms with Gasteiger partial charge in [-0.15, -0.1) is 0 Å². The van der Waals surface area contributed by atoms with Crippen LogP contribution in [0.3, 0.4) is 0 Å². The average molecular weight is 248 g/mol. The van der Waals surface area contributed by atoms with Gasteiger partial charge in [0.25, 0.3) is 0 Å². The van der Waals surface area contributed by atoms with E-state index < -0.39 is 16.6 Å². The first-order valence-corrected chi connectivity index (χ1v) is 6.70. The quantitative estimate of drug-likeness (QED) is 0.752. The number of likely N-dealkylation sites (tertiary alicyclic amines) is 1. The molecule has 1 fully saturated rings. The summed E-state index contributed by atoms with van der Waals surface area (Å²) in [4.78, 5) is 13.3. The fraction of sp³-hybridized carbons (Fsp3) is 0.900. The molecule has 0 bridgehead atoms. The van der Waals surface area contributed by atoms with Gasteiger partial charge >= 0.3 is 6.09 Å². The van der Waals surface area contributed by atoms with E-state index in [1.54, 1.807) is 4.90 Å². The van der Waals surface area contributed by atoms with Gasteiger partial charge in [-0.25, -0.2) is 9.00 Å². The highest BCUT2D eigenvalue weighted by Gasteiger charge is 2.29. The van der Waals surface area contributed by atoms with Crippen LogP contribution in [-0.2, 0) is 15.7 Å². The van der Waals surface area contributed by atoms with E-state index in [0.717, 1.165) is 12.8 Å². The predicted octanol–water partition coefficient (Wildman–Crippen LogP) is 1.01. The van der Waals surface area contributed by atoms with Crippen LogP contribution < -0.4 is 5.14 Å². The van der Waals surface area contributed by atoms with Gasteiger partial charge in [-0.1, -0.05) is 0 Å². The summed E-state index contributed by atoms with van der Waals surface area (Å²) in [5, 5.41) is 5.23. The van der Waals surface area contributed by atoms with Gasteiger partial charge in [0.1, 0.15) is 5.60 Å². The van der Waals surface area contributed by atoms with E-state index >= 15 is 0 Å². The normalized spacial score (nSPS) is 24.0. The Morgan fingerprint density at radius 2 is 2.12 bits per heavy atom. The second-order valence-electron chi connectivity index (χ2n) is 5.02.